The summed E-state index contributed by atoms with van der Waals surface area (Å²) in [6.45, 7) is 1.75. The van der Waals surface area contributed by atoms with Gasteiger partial charge in [-0.05, 0) is 42.0 Å². The Labute approximate surface area is 143 Å². The molecule has 1 aliphatic heterocycles. The Hall–Kier alpha value is -2.80. The van der Waals surface area contributed by atoms with Gasteiger partial charge in [-0.2, -0.15) is 0 Å². The Bertz CT molecular complexity index is 848. The quantitative estimate of drug-likeness (QED) is 0.731. The molecule has 0 N–H and O–H groups in total. The Morgan fingerprint density at radius 2 is 1.68 bits per heavy atom. The fraction of sp³-hybridized carbons (Fsp3) is 0.222. The molecule has 3 aromatic rings. The van der Waals surface area contributed by atoms with Gasteiger partial charge in [0.1, 0.15) is 17.3 Å². The van der Waals surface area contributed by atoms with Gasteiger partial charge in [0, 0.05) is 12.2 Å². The summed E-state index contributed by atoms with van der Waals surface area (Å²) in [7, 11) is 0. The van der Waals surface area contributed by atoms with Gasteiger partial charge in [-0.1, -0.05) is 17.3 Å². The molecule has 7 heteroatoms. The Morgan fingerprint density at radius 3 is 2.40 bits per heavy atom. The molecule has 0 radical (unpaired) electrons. The lowest BCUT2D eigenvalue weighted by Gasteiger charge is -2.23. The molecule has 128 valence electrons. The van der Waals surface area contributed by atoms with Crippen LogP contribution in [0.15, 0.2) is 54.7 Å². The molecule has 1 aromatic heterocycles. The van der Waals surface area contributed by atoms with Crippen molar-refractivity contribution in [2.75, 3.05) is 18.1 Å². The second-order valence-corrected chi connectivity index (χ2v) is 5.86. The zero-order valence-corrected chi connectivity index (χ0v) is 13.3. The zero-order chi connectivity index (χ0) is 17.2. The van der Waals surface area contributed by atoms with Crippen LogP contribution in [0.3, 0.4) is 0 Å². The van der Waals surface area contributed by atoms with Crippen molar-refractivity contribution < 1.29 is 13.5 Å². The number of ether oxygens (including phenoxy) is 1. The minimum atomic E-state index is -0.354. The molecule has 5 nitrogen and oxygen atoms in total. The topological polar surface area (TPSA) is 43.2 Å². The first kappa shape index (κ1) is 15.7. The van der Waals surface area contributed by atoms with E-state index in [0.29, 0.717) is 25.4 Å². The molecule has 25 heavy (non-hydrogen) atoms. The van der Waals surface area contributed by atoms with E-state index < -0.39 is 0 Å². The number of hydrogen-bond acceptors (Lipinski definition) is 4. The third-order valence-electron chi connectivity index (χ3n) is 4.12. The lowest BCUT2D eigenvalue weighted by atomic mass is 10.2. The monoisotopic (exact) mass is 342 g/mol. The largest absolute Gasteiger partial charge is 0.350 e. The molecular formula is C18H16F2N4O. The van der Waals surface area contributed by atoms with Gasteiger partial charge in [0.15, 0.2) is 6.23 Å². The minimum absolute atomic E-state index is 0.266. The molecule has 1 aliphatic rings. The van der Waals surface area contributed by atoms with Crippen LogP contribution in [0.4, 0.5) is 14.5 Å². The van der Waals surface area contributed by atoms with Crippen molar-refractivity contribution in [3.8, 4) is 0 Å². The first-order chi connectivity index (χ1) is 12.2. The maximum Gasteiger partial charge on any atom is 0.177 e. The van der Waals surface area contributed by atoms with Crippen molar-refractivity contribution in [1.29, 1.82) is 0 Å². The highest BCUT2D eigenvalue weighted by Gasteiger charge is 2.29. The molecule has 0 aliphatic carbocycles. The Morgan fingerprint density at radius 1 is 1.00 bits per heavy atom. The highest BCUT2D eigenvalue weighted by atomic mass is 19.1. The number of rotatable bonds is 4. The van der Waals surface area contributed by atoms with Crippen molar-refractivity contribution in [2.45, 2.75) is 12.8 Å². The van der Waals surface area contributed by atoms with Crippen LogP contribution in [0, 0.1) is 11.6 Å². The van der Waals surface area contributed by atoms with Gasteiger partial charge in [0.2, 0.25) is 0 Å². The molecule has 2 heterocycles. The molecule has 1 fully saturated rings. The van der Waals surface area contributed by atoms with E-state index in [1.807, 2.05) is 11.1 Å². The Kier molecular flexibility index (Phi) is 4.15. The van der Waals surface area contributed by atoms with Gasteiger partial charge in [0.05, 0.1) is 19.3 Å². The second kappa shape index (κ2) is 6.60. The van der Waals surface area contributed by atoms with Crippen molar-refractivity contribution in [1.82, 2.24) is 15.0 Å². The number of hydrogen-bond donors (Lipinski definition) is 0. The van der Waals surface area contributed by atoms with Crippen LogP contribution in [0.5, 0.6) is 0 Å². The molecule has 1 saturated heterocycles. The number of aromatic nitrogens is 3. The predicted molar refractivity (Wildman–Crippen MR) is 88.0 cm³/mol. The minimum Gasteiger partial charge on any atom is -0.350 e. The molecule has 0 saturated carbocycles. The van der Waals surface area contributed by atoms with E-state index in [2.05, 4.69) is 10.3 Å². The molecular weight excluding hydrogens is 326 g/mol. The number of benzene rings is 2. The number of halogens is 2. The summed E-state index contributed by atoms with van der Waals surface area (Å²) in [5.41, 5.74) is 2.49. The normalized spacial score (nSPS) is 17.2. The zero-order valence-electron chi connectivity index (χ0n) is 13.3. The van der Waals surface area contributed by atoms with Crippen molar-refractivity contribution >= 4 is 5.69 Å². The SMILES string of the molecule is Fc1ccc(Cn2cc([C@@H]3OCCN3c3ccc(F)cc3)nn2)cc1. The van der Waals surface area contributed by atoms with E-state index in [0.717, 1.165) is 11.3 Å². The van der Waals surface area contributed by atoms with E-state index >= 15 is 0 Å². The van der Waals surface area contributed by atoms with Gasteiger partial charge < -0.3 is 9.64 Å². The molecule has 4 rings (SSSR count). The molecule has 2 aromatic carbocycles. The predicted octanol–water partition coefficient (Wildman–Crippen LogP) is 3.14. The summed E-state index contributed by atoms with van der Waals surface area (Å²) >= 11 is 0. The van der Waals surface area contributed by atoms with Crippen LogP contribution >= 0.6 is 0 Å². The Balaban J connectivity index is 1.52. The van der Waals surface area contributed by atoms with Crippen molar-refractivity contribution in [3.63, 3.8) is 0 Å². The van der Waals surface area contributed by atoms with Gasteiger partial charge >= 0.3 is 0 Å². The maximum atomic E-state index is 13.1. The van der Waals surface area contributed by atoms with Crippen molar-refractivity contribution in [2.24, 2.45) is 0 Å². The lowest BCUT2D eigenvalue weighted by molar-refractivity contribution is 0.110. The summed E-state index contributed by atoms with van der Waals surface area (Å²) in [5, 5.41) is 8.33. The molecule has 0 bridgehead atoms. The van der Waals surface area contributed by atoms with Crippen LogP contribution in [0.2, 0.25) is 0 Å². The smallest absolute Gasteiger partial charge is 0.177 e. The molecule has 0 spiro atoms. The highest BCUT2D eigenvalue weighted by molar-refractivity contribution is 5.48. The third kappa shape index (κ3) is 3.36. The van der Waals surface area contributed by atoms with Crippen LogP contribution < -0.4 is 4.90 Å². The van der Waals surface area contributed by atoms with Gasteiger partial charge in [-0.15, -0.1) is 5.10 Å². The van der Waals surface area contributed by atoms with Crippen LogP contribution in [-0.2, 0) is 11.3 Å². The van der Waals surface area contributed by atoms with E-state index in [1.54, 1.807) is 28.9 Å². The van der Waals surface area contributed by atoms with Crippen molar-refractivity contribution in [3.05, 3.63) is 77.6 Å². The average molecular weight is 342 g/mol. The second-order valence-electron chi connectivity index (χ2n) is 5.86. The fourth-order valence-corrected chi connectivity index (χ4v) is 2.89. The van der Waals surface area contributed by atoms with Gasteiger partial charge in [0.25, 0.3) is 0 Å². The van der Waals surface area contributed by atoms with Crippen LogP contribution in [0.25, 0.3) is 0 Å². The third-order valence-corrected chi connectivity index (χ3v) is 4.12. The van der Waals surface area contributed by atoms with Gasteiger partial charge in [-0.3, -0.25) is 0 Å². The summed E-state index contributed by atoms with van der Waals surface area (Å²) in [5.74, 6) is -0.539. The van der Waals surface area contributed by atoms with E-state index in [9.17, 15) is 8.78 Å². The number of nitrogens with zero attached hydrogens (tertiary/aromatic N) is 4. The van der Waals surface area contributed by atoms with Crippen LogP contribution in [0.1, 0.15) is 17.5 Å². The van der Waals surface area contributed by atoms with E-state index in [1.165, 1.54) is 24.3 Å². The summed E-state index contributed by atoms with van der Waals surface area (Å²) < 4.78 is 33.6. The highest BCUT2D eigenvalue weighted by Crippen LogP contribution is 2.31. The fourth-order valence-electron chi connectivity index (χ4n) is 2.89. The lowest BCUT2D eigenvalue weighted by Crippen LogP contribution is -2.23. The van der Waals surface area contributed by atoms with Gasteiger partial charge in [-0.25, -0.2) is 13.5 Å². The standard InChI is InChI=1S/C18H16F2N4O/c19-14-3-1-13(2-4-14)11-23-12-17(21-22-23)18-24(9-10-25-18)16-7-5-15(20)6-8-16/h1-8,12,18H,9-11H2/t18-/m0/s1. The summed E-state index contributed by atoms with van der Waals surface area (Å²) in [4.78, 5) is 2.02. The first-order valence-corrected chi connectivity index (χ1v) is 7.97. The molecule has 0 amide bonds. The van der Waals surface area contributed by atoms with E-state index in [4.69, 9.17) is 4.74 Å². The van der Waals surface area contributed by atoms with E-state index in [-0.39, 0.29) is 17.9 Å². The maximum absolute atomic E-state index is 13.1. The average Bonchev–Trinajstić information content (AvgIpc) is 3.27. The molecule has 1 atom stereocenters. The number of anilines is 1. The summed E-state index contributed by atoms with van der Waals surface area (Å²) in [6.07, 6.45) is 1.46. The molecule has 0 unspecified atom stereocenters. The summed E-state index contributed by atoms with van der Waals surface area (Å²) in [6, 6.07) is 12.6. The first-order valence-electron chi connectivity index (χ1n) is 7.97. The van der Waals surface area contributed by atoms with Crippen LogP contribution in [-0.4, -0.2) is 28.1 Å².